The molecule has 1 aromatic rings. The van der Waals surface area contributed by atoms with Crippen LogP contribution in [0.15, 0.2) is 10.5 Å². The Morgan fingerprint density at radius 2 is 2.14 bits per heavy atom. The standard InChI is InChI=1S/C6H2BrF3N2O2/c7-2-1-3(12(13)14)6(10)11-4(2)5(8)9/h1,5H. The molecule has 0 N–H and O–H groups in total. The molecule has 4 nitrogen and oxygen atoms in total. The van der Waals surface area contributed by atoms with Crippen molar-refractivity contribution in [2.24, 2.45) is 0 Å². The van der Waals surface area contributed by atoms with E-state index < -0.39 is 28.7 Å². The maximum Gasteiger partial charge on any atom is 0.325 e. The molecule has 1 aromatic heterocycles. The fourth-order valence-corrected chi connectivity index (χ4v) is 1.23. The lowest BCUT2D eigenvalue weighted by Crippen LogP contribution is -2.00. The van der Waals surface area contributed by atoms with Crippen molar-refractivity contribution in [3.8, 4) is 0 Å². The number of hydrogen-bond donors (Lipinski definition) is 0. The average molecular weight is 271 g/mol. The zero-order chi connectivity index (χ0) is 10.9. The second-order valence-corrected chi connectivity index (χ2v) is 3.08. The number of nitrogens with zero attached hydrogens (tertiary/aromatic N) is 2. The maximum absolute atomic E-state index is 12.7. The fourth-order valence-electron chi connectivity index (χ4n) is 0.751. The van der Waals surface area contributed by atoms with Crippen LogP contribution in [0.25, 0.3) is 0 Å². The maximum atomic E-state index is 12.7. The van der Waals surface area contributed by atoms with Crippen molar-refractivity contribution < 1.29 is 18.1 Å². The molecule has 0 atom stereocenters. The Balaban J connectivity index is 3.31. The minimum atomic E-state index is -2.99. The highest BCUT2D eigenvalue weighted by Crippen LogP contribution is 2.29. The monoisotopic (exact) mass is 270 g/mol. The second-order valence-electron chi connectivity index (χ2n) is 2.22. The summed E-state index contributed by atoms with van der Waals surface area (Å²) in [5.41, 5.74) is -1.80. The molecule has 0 bridgehead atoms. The van der Waals surface area contributed by atoms with Gasteiger partial charge in [0.05, 0.1) is 9.40 Å². The largest absolute Gasteiger partial charge is 0.325 e. The highest BCUT2D eigenvalue weighted by Gasteiger charge is 2.23. The summed E-state index contributed by atoms with van der Waals surface area (Å²) in [4.78, 5) is 11.9. The van der Waals surface area contributed by atoms with Crippen molar-refractivity contribution in [3.63, 3.8) is 0 Å². The van der Waals surface area contributed by atoms with Crippen LogP contribution in [0, 0.1) is 16.1 Å². The molecule has 0 saturated heterocycles. The molecule has 0 saturated carbocycles. The van der Waals surface area contributed by atoms with Gasteiger partial charge in [-0.05, 0) is 15.9 Å². The number of rotatable bonds is 2. The van der Waals surface area contributed by atoms with Crippen LogP contribution in [-0.4, -0.2) is 9.91 Å². The molecule has 0 spiro atoms. The van der Waals surface area contributed by atoms with Gasteiger partial charge in [-0.3, -0.25) is 10.1 Å². The Hall–Kier alpha value is -1.18. The minimum absolute atomic E-state index is 0.291. The Kier molecular flexibility index (Phi) is 3.04. The molecule has 0 aromatic carbocycles. The van der Waals surface area contributed by atoms with Gasteiger partial charge in [0.25, 0.3) is 12.4 Å². The van der Waals surface area contributed by atoms with E-state index in [1.807, 2.05) is 0 Å². The molecular weight excluding hydrogens is 269 g/mol. The molecule has 0 radical (unpaired) electrons. The first-order valence-corrected chi connectivity index (χ1v) is 4.01. The molecule has 0 fully saturated rings. The van der Waals surface area contributed by atoms with Crippen molar-refractivity contribution >= 4 is 21.6 Å². The third-order valence-electron chi connectivity index (χ3n) is 1.34. The predicted octanol–water partition coefficient (Wildman–Crippen LogP) is 2.83. The SMILES string of the molecule is O=[N+]([O-])c1cc(Br)c(C(F)F)nc1F. The smallest absolute Gasteiger partial charge is 0.258 e. The summed E-state index contributed by atoms with van der Waals surface area (Å²) in [6.07, 6.45) is -2.99. The van der Waals surface area contributed by atoms with Crippen LogP contribution in [0.2, 0.25) is 0 Å². The van der Waals surface area contributed by atoms with Crippen LogP contribution in [0.3, 0.4) is 0 Å². The normalized spacial score (nSPS) is 10.6. The van der Waals surface area contributed by atoms with E-state index in [9.17, 15) is 23.3 Å². The van der Waals surface area contributed by atoms with E-state index in [-0.39, 0.29) is 4.47 Å². The van der Waals surface area contributed by atoms with Gasteiger partial charge >= 0.3 is 5.69 Å². The van der Waals surface area contributed by atoms with Gasteiger partial charge in [0.2, 0.25) is 0 Å². The average Bonchev–Trinajstić information content (AvgIpc) is 2.07. The summed E-state index contributed by atoms with van der Waals surface area (Å²) in [5.74, 6) is -1.52. The molecule has 0 aliphatic rings. The predicted molar refractivity (Wildman–Crippen MR) is 43.5 cm³/mol. The van der Waals surface area contributed by atoms with Crippen LogP contribution in [0.4, 0.5) is 18.9 Å². The Labute approximate surface area is 84.0 Å². The first-order chi connectivity index (χ1) is 6.43. The summed E-state index contributed by atoms with van der Waals surface area (Å²) in [6.45, 7) is 0. The van der Waals surface area contributed by atoms with Crippen LogP contribution < -0.4 is 0 Å². The van der Waals surface area contributed by atoms with E-state index in [2.05, 4.69) is 20.9 Å². The van der Waals surface area contributed by atoms with Crippen LogP contribution in [-0.2, 0) is 0 Å². The fraction of sp³-hybridized carbons (Fsp3) is 0.167. The lowest BCUT2D eigenvalue weighted by atomic mass is 10.3. The molecule has 0 aliphatic carbocycles. The number of pyridine rings is 1. The van der Waals surface area contributed by atoms with E-state index in [1.165, 1.54) is 0 Å². The summed E-state index contributed by atoms with van der Waals surface area (Å²) in [7, 11) is 0. The number of halogens is 4. The van der Waals surface area contributed by atoms with Gasteiger partial charge in [-0.1, -0.05) is 0 Å². The van der Waals surface area contributed by atoms with E-state index in [0.717, 1.165) is 0 Å². The second kappa shape index (κ2) is 3.91. The van der Waals surface area contributed by atoms with Gasteiger partial charge in [0.1, 0.15) is 5.69 Å². The molecule has 0 aliphatic heterocycles. The third-order valence-corrected chi connectivity index (χ3v) is 1.98. The summed E-state index contributed by atoms with van der Waals surface area (Å²) < 4.78 is 36.7. The highest BCUT2D eigenvalue weighted by atomic mass is 79.9. The van der Waals surface area contributed by atoms with Crippen molar-refractivity contribution in [1.29, 1.82) is 0 Å². The number of alkyl halides is 2. The minimum Gasteiger partial charge on any atom is -0.258 e. The third kappa shape index (κ3) is 2.00. The first-order valence-electron chi connectivity index (χ1n) is 3.22. The highest BCUT2D eigenvalue weighted by molar-refractivity contribution is 9.10. The number of nitro groups is 1. The molecule has 1 heterocycles. The summed E-state index contributed by atoms with van der Waals surface area (Å²) in [6, 6.07) is 0.657. The van der Waals surface area contributed by atoms with Gasteiger partial charge in [-0.2, -0.15) is 4.39 Å². The molecule has 0 unspecified atom stereocenters. The molecular formula is C6H2BrF3N2O2. The molecule has 0 amide bonds. The summed E-state index contributed by atoms with van der Waals surface area (Å²) in [5, 5.41) is 10.2. The summed E-state index contributed by atoms with van der Waals surface area (Å²) >= 11 is 2.64. The molecule has 8 heteroatoms. The number of aromatic nitrogens is 1. The van der Waals surface area contributed by atoms with Gasteiger partial charge < -0.3 is 0 Å². The van der Waals surface area contributed by atoms with Crippen LogP contribution in [0.1, 0.15) is 12.1 Å². The first kappa shape index (κ1) is 10.9. The van der Waals surface area contributed by atoms with Crippen LogP contribution in [0.5, 0.6) is 0 Å². The van der Waals surface area contributed by atoms with Gasteiger partial charge in [-0.25, -0.2) is 13.8 Å². The van der Waals surface area contributed by atoms with E-state index in [0.29, 0.717) is 6.07 Å². The Morgan fingerprint density at radius 3 is 2.57 bits per heavy atom. The van der Waals surface area contributed by atoms with Gasteiger partial charge in [0.15, 0.2) is 0 Å². The quantitative estimate of drug-likeness (QED) is 0.472. The molecule has 14 heavy (non-hydrogen) atoms. The lowest BCUT2D eigenvalue weighted by Gasteiger charge is -2.01. The van der Waals surface area contributed by atoms with E-state index >= 15 is 0 Å². The zero-order valence-electron chi connectivity index (χ0n) is 6.38. The van der Waals surface area contributed by atoms with Crippen molar-refractivity contribution in [2.75, 3.05) is 0 Å². The Morgan fingerprint density at radius 1 is 1.57 bits per heavy atom. The van der Waals surface area contributed by atoms with Crippen molar-refractivity contribution in [3.05, 3.63) is 32.3 Å². The van der Waals surface area contributed by atoms with Gasteiger partial charge in [-0.15, -0.1) is 0 Å². The number of hydrogen-bond acceptors (Lipinski definition) is 3. The Bertz CT molecular complexity index is 386. The topological polar surface area (TPSA) is 56.0 Å². The molecule has 76 valence electrons. The van der Waals surface area contributed by atoms with Crippen molar-refractivity contribution in [1.82, 2.24) is 4.98 Å². The zero-order valence-corrected chi connectivity index (χ0v) is 7.96. The van der Waals surface area contributed by atoms with E-state index in [1.54, 1.807) is 0 Å². The van der Waals surface area contributed by atoms with Gasteiger partial charge in [0, 0.05) is 6.07 Å². The molecule has 1 rings (SSSR count). The van der Waals surface area contributed by atoms with Crippen LogP contribution >= 0.6 is 15.9 Å². The van der Waals surface area contributed by atoms with E-state index in [4.69, 9.17) is 0 Å². The van der Waals surface area contributed by atoms with Crippen molar-refractivity contribution in [2.45, 2.75) is 6.43 Å². The lowest BCUT2D eigenvalue weighted by molar-refractivity contribution is -0.388.